The average molecular weight is 310 g/mol. The van der Waals surface area contributed by atoms with Crippen molar-refractivity contribution in [3.63, 3.8) is 0 Å². The van der Waals surface area contributed by atoms with Crippen LogP contribution in [0.25, 0.3) is 0 Å². The van der Waals surface area contributed by atoms with Gasteiger partial charge < -0.3 is 4.90 Å². The first-order chi connectivity index (χ1) is 9.61. The van der Waals surface area contributed by atoms with Gasteiger partial charge in [-0.3, -0.25) is 0 Å². The SMILES string of the molecule is N#Cc1ccc(N2CCC(C(F)(F)F)(C(F)(F)F)C2)nn1. The second-order valence-corrected chi connectivity index (χ2v) is 4.64. The third-order valence-corrected chi connectivity index (χ3v) is 3.44. The average Bonchev–Trinajstić information content (AvgIpc) is 2.84. The van der Waals surface area contributed by atoms with E-state index in [4.69, 9.17) is 5.26 Å². The molecule has 1 saturated heterocycles. The van der Waals surface area contributed by atoms with Gasteiger partial charge in [0.25, 0.3) is 0 Å². The third kappa shape index (κ3) is 2.48. The van der Waals surface area contributed by atoms with E-state index in [0.29, 0.717) is 0 Å². The van der Waals surface area contributed by atoms with Crippen molar-refractivity contribution in [3.8, 4) is 6.07 Å². The van der Waals surface area contributed by atoms with Crippen molar-refractivity contribution in [1.82, 2.24) is 10.2 Å². The van der Waals surface area contributed by atoms with Crippen LogP contribution in [-0.2, 0) is 0 Å². The molecule has 0 atom stereocenters. The molecule has 1 aromatic rings. The van der Waals surface area contributed by atoms with Crippen molar-refractivity contribution in [3.05, 3.63) is 17.8 Å². The van der Waals surface area contributed by atoms with Gasteiger partial charge in [0.1, 0.15) is 6.07 Å². The minimum Gasteiger partial charge on any atom is -0.354 e. The maximum Gasteiger partial charge on any atom is 0.404 e. The quantitative estimate of drug-likeness (QED) is 0.748. The third-order valence-electron chi connectivity index (χ3n) is 3.44. The highest BCUT2D eigenvalue weighted by molar-refractivity contribution is 5.41. The normalized spacial score (nSPS) is 18.6. The number of aromatic nitrogens is 2. The van der Waals surface area contributed by atoms with Crippen LogP contribution in [-0.4, -0.2) is 35.6 Å². The van der Waals surface area contributed by atoms with E-state index in [0.717, 1.165) is 4.90 Å². The molecule has 0 unspecified atom stereocenters. The fourth-order valence-electron chi connectivity index (χ4n) is 2.18. The van der Waals surface area contributed by atoms with Crippen molar-refractivity contribution < 1.29 is 26.3 Å². The lowest BCUT2D eigenvalue weighted by molar-refractivity contribution is -0.332. The van der Waals surface area contributed by atoms with Gasteiger partial charge in [0.2, 0.25) is 0 Å². The van der Waals surface area contributed by atoms with Crippen LogP contribution in [0.1, 0.15) is 12.1 Å². The predicted octanol–water partition coefficient (Wildman–Crippen LogP) is 2.67. The molecule has 0 N–H and O–H groups in total. The first-order valence-corrected chi connectivity index (χ1v) is 5.73. The largest absolute Gasteiger partial charge is 0.404 e. The number of nitriles is 1. The van der Waals surface area contributed by atoms with Crippen LogP contribution in [0.5, 0.6) is 0 Å². The summed E-state index contributed by atoms with van der Waals surface area (Å²) in [6, 6.07) is 4.02. The Hall–Kier alpha value is -2.05. The monoisotopic (exact) mass is 310 g/mol. The zero-order valence-electron chi connectivity index (χ0n) is 10.3. The van der Waals surface area contributed by atoms with Crippen molar-refractivity contribution in [1.29, 1.82) is 5.26 Å². The summed E-state index contributed by atoms with van der Waals surface area (Å²) in [7, 11) is 0. The van der Waals surface area contributed by atoms with Crippen LogP contribution < -0.4 is 4.90 Å². The summed E-state index contributed by atoms with van der Waals surface area (Å²) in [6.45, 7) is -1.71. The smallest absolute Gasteiger partial charge is 0.354 e. The number of hydrogen-bond donors (Lipinski definition) is 0. The minimum absolute atomic E-state index is 0.0733. The lowest BCUT2D eigenvalue weighted by Crippen LogP contribution is -2.51. The van der Waals surface area contributed by atoms with Gasteiger partial charge in [0.15, 0.2) is 16.9 Å². The number of alkyl halides is 6. The first-order valence-electron chi connectivity index (χ1n) is 5.73. The second kappa shape index (κ2) is 4.75. The van der Waals surface area contributed by atoms with Crippen LogP contribution in [0, 0.1) is 16.7 Å². The first kappa shape index (κ1) is 15.3. The van der Waals surface area contributed by atoms with Gasteiger partial charge in [-0.2, -0.15) is 31.6 Å². The molecule has 4 nitrogen and oxygen atoms in total. The van der Waals surface area contributed by atoms with Gasteiger partial charge in [-0.15, -0.1) is 10.2 Å². The Kier molecular flexibility index (Phi) is 3.47. The van der Waals surface area contributed by atoms with Gasteiger partial charge in [-0.05, 0) is 18.6 Å². The van der Waals surface area contributed by atoms with E-state index in [1.807, 2.05) is 0 Å². The highest BCUT2D eigenvalue weighted by atomic mass is 19.4. The van der Waals surface area contributed by atoms with Gasteiger partial charge in [-0.25, -0.2) is 0 Å². The molecule has 1 fully saturated rings. The molecule has 0 aromatic carbocycles. The van der Waals surface area contributed by atoms with E-state index in [9.17, 15) is 26.3 Å². The number of hydrogen-bond acceptors (Lipinski definition) is 4. The molecule has 0 bridgehead atoms. The molecule has 1 aliphatic rings. The second-order valence-electron chi connectivity index (χ2n) is 4.64. The maximum atomic E-state index is 12.9. The van der Waals surface area contributed by atoms with Crippen molar-refractivity contribution in [2.24, 2.45) is 5.41 Å². The summed E-state index contributed by atoms with van der Waals surface area (Å²) < 4.78 is 77.4. The molecular weight excluding hydrogens is 302 g/mol. The molecule has 0 saturated carbocycles. The molecule has 1 aliphatic heterocycles. The van der Waals surface area contributed by atoms with E-state index in [-0.39, 0.29) is 11.5 Å². The summed E-state index contributed by atoms with van der Waals surface area (Å²) in [4.78, 5) is 0.870. The maximum absolute atomic E-state index is 12.9. The standard InChI is InChI=1S/C11H8F6N4/c12-10(13,14)9(11(15,16)17)3-4-21(6-9)8-2-1-7(5-18)19-20-8/h1-2H,3-4,6H2. The summed E-state index contributed by atoms with van der Waals surface area (Å²) in [5.74, 6) is -0.121. The number of nitrogens with zero attached hydrogens (tertiary/aromatic N) is 4. The highest BCUT2D eigenvalue weighted by Crippen LogP contribution is 2.55. The summed E-state index contributed by atoms with van der Waals surface area (Å²) in [5.41, 5.74) is -3.84. The van der Waals surface area contributed by atoms with Gasteiger partial charge in [-0.1, -0.05) is 0 Å². The highest BCUT2D eigenvalue weighted by Gasteiger charge is 2.72. The number of rotatable bonds is 1. The Bertz CT molecular complexity index is 542. The molecule has 0 spiro atoms. The van der Waals surface area contributed by atoms with Crippen molar-refractivity contribution in [2.45, 2.75) is 18.8 Å². The number of anilines is 1. The molecule has 2 rings (SSSR count). The van der Waals surface area contributed by atoms with E-state index in [1.54, 1.807) is 6.07 Å². The van der Waals surface area contributed by atoms with Gasteiger partial charge in [0.05, 0.1) is 0 Å². The van der Waals surface area contributed by atoms with E-state index in [2.05, 4.69) is 10.2 Å². The Morgan fingerprint density at radius 3 is 2.10 bits per heavy atom. The lowest BCUT2D eigenvalue weighted by Gasteiger charge is -2.33. The predicted molar refractivity (Wildman–Crippen MR) is 58.1 cm³/mol. The van der Waals surface area contributed by atoms with Crippen molar-refractivity contribution in [2.75, 3.05) is 18.0 Å². The Balaban J connectivity index is 2.30. The summed E-state index contributed by atoms with van der Waals surface area (Å²) >= 11 is 0. The van der Waals surface area contributed by atoms with Crippen LogP contribution in [0.3, 0.4) is 0 Å². The molecule has 2 heterocycles. The molecular formula is C11H8F6N4. The fraction of sp³-hybridized carbons (Fsp3) is 0.545. The van der Waals surface area contributed by atoms with Crippen LogP contribution in [0.4, 0.5) is 32.2 Å². The summed E-state index contributed by atoms with van der Waals surface area (Å²) in [5, 5.41) is 15.4. The Labute approximate surface area is 115 Å². The number of halogens is 6. The Morgan fingerprint density at radius 2 is 1.71 bits per heavy atom. The molecule has 0 aliphatic carbocycles. The molecule has 21 heavy (non-hydrogen) atoms. The van der Waals surface area contributed by atoms with Crippen LogP contribution in [0.2, 0.25) is 0 Å². The molecule has 1 aromatic heterocycles. The summed E-state index contributed by atoms with van der Waals surface area (Å²) in [6.07, 6.45) is -11.9. The van der Waals surface area contributed by atoms with E-state index >= 15 is 0 Å². The molecule has 0 amide bonds. The molecule has 10 heteroatoms. The zero-order chi connectivity index (χ0) is 15.9. The van der Waals surface area contributed by atoms with Crippen LogP contribution >= 0.6 is 0 Å². The lowest BCUT2D eigenvalue weighted by atomic mass is 9.85. The molecule has 0 radical (unpaired) electrons. The van der Waals surface area contributed by atoms with E-state index in [1.165, 1.54) is 12.1 Å². The van der Waals surface area contributed by atoms with Crippen molar-refractivity contribution >= 4 is 5.82 Å². The van der Waals surface area contributed by atoms with Crippen LogP contribution in [0.15, 0.2) is 12.1 Å². The topological polar surface area (TPSA) is 52.8 Å². The minimum atomic E-state index is -5.40. The van der Waals surface area contributed by atoms with Gasteiger partial charge >= 0.3 is 12.4 Å². The van der Waals surface area contributed by atoms with Gasteiger partial charge in [0, 0.05) is 13.1 Å². The van der Waals surface area contributed by atoms with E-state index < -0.39 is 37.3 Å². The molecule has 114 valence electrons. The fourth-order valence-corrected chi connectivity index (χ4v) is 2.18. The zero-order valence-corrected chi connectivity index (χ0v) is 10.3. The Morgan fingerprint density at radius 1 is 1.10 bits per heavy atom.